The highest BCUT2D eigenvalue weighted by Gasteiger charge is 2.05. The molecule has 0 saturated carbocycles. The molecule has 56 valence electrons. The van der Waals surface area contributed by atoms with Gasteiger partial charge in [-0.1, -0.05) is 12.1 Å². The number of hydrogen-bond donors (Lipinski definition) is 2. The van der Waals surface area contributed by atoms with Gasteiger partial charge in [-0.3, -0.25) is 0 Å². The molecule has 1 aromatic carbocycles. The molecule has 0 aliphatic carbocycles. The van der Waals surface area contributed by atoms with E-state index >= 15 is 0 Å². The smallest absolute Gasteiger partial charge is 0.147 e. The lowest BCUT2D eigenvalue weighted by atomic mass is 10.2. The van der Waals surface area contributed by atoms with Crippen LogP contribution in [-0.4, -0.2) is 5.11 Å². The van der Waals surface area contributed by atoms with Crippen LogP contribution < -0.4 is 0 Å². The summed E-state index contributed by atoms with van der Waals surface area (Å²) in [6.07, 6.45) is 0. The molecule has 1 N–H and O–H groups in total. The Morgan fingerprint density at radius 1 is 1.27 bits per heavy atom. The van der Waals surface area contributed by atoms with E-state index in [1.807, 2.05) is 24.3 Å². The van der Waals surface area contributed by atoms with Gasteiger partial charge < -0.3 is 5.11 Å². The van der Waals surface area contributed by atoms with E-state index in [2.05, 4.69) is 12.6 Å². The number of rotatable bonds is 0. The van der Waals surface area contributed by atoms with Gasteiger partial charge in [0.25, 0.3) is 0 Å². The minimum absolute atomic E-state index is 0.300. The summed E-state index contributed by atoms with van der Waals surface area (Å²) in [6.45, 7) is 0. The van der Waals surface area contributed by atoms with Crippen LogP contribution in [0.3, 0.4) is 0 Å². The SMILES string of the molecule is Oc1c(S)sc2ccccc12. The van der Waals surface area contributed by atoms with Crippen LogP contribution in [0.1, 0.15) is 0 Å². The molecule has 1 heterocycles. The Morgan fingerprint density at radius 2 is 2.00 bits per heavy atom. The van der Waals surface area contributed by atoms with Crippen molar-refractivity contribution < 1.29 is 5.11 Å². The van der Waals surface area contributed by atoms with Crippen molar-refractivity contribution in [1.82, 2.24) is 0 Å². The van der Waals surface area contributed by atoms with Crippen LogP contribution in [0.4, 0.5) is 0 Å². The molecule has 3 heteroatoms. The van der Waals surface area contributed by atoms with Crippen molar-refractivity contribution >= 4 is 34.1 Å². The number of thiol groups is 1. The molecule has 0 aliphatic rings. The molecule has 0 radical (unpaired) electrons. The first-order valence-corrected chi connectivity index (χ1v) is 4.45. The molecule has 2 aromatic rings. The van der Waals surface area contributed by atoms with Crippen LogP contribution in [0.2, 0.25) is 0 Å². The third-order valence-corrected chi connectivity index (χ3v) is 3.00. The summed E-state index contributed by atoms with van der Waals surface area (Å²) in [4.78, 5) is 0. The van der Waals surface area contributed by atoms with Gasteiger partial charge in [0, 0.05) is 10.1 Å². The minimum Gasteiger partial charge on any atom is -0.505 e. The van der Waals surface area contributed by atoms with Gasteiger partial charge in [0.05, 0.1) is 4.21 Å². The van der Waals surface area contributed by atoms with Crippen LogP contribution in [0.5, 0.6) is 5.75 Å². The lowest BCUT2D eigenvalue weighted by Crippen LogP contribution is -1.60. The zero-order valence-corrected chi connectivity index (χ0v) is 7.32. The number of aromatic hydroxyl groups is 1. The average molecular weight is 182 g/mol. The minimum atomic E-state index is 0.300. The molecule has 0 amide bonds. The highest BCUT2D eigenvalue weighted by atomic mass is 32.2. The summed E-state index contributed by atoms with van der Waals surface area (Å²) in [5.74, 6) is 0.300. The van der Waals surface area contributed by atoms with Crippen molar-refractivity contribution in [3.05, 3.63) is 24.3 Å². The van der Waals surface area contributed by atoms with Crippen LogP contribution in [0.15, 0.2) is 28.5 Å². The third-order valence-electron chi connectivity index (χ3n) is 1.55. The van der Waals surface area contributed by atoms with E-state index in [9.17, 15) is 5.11 Å². The van der Waals surface area contributed by atoms with E-state index in [1.165, 1.54) is 11.3 Å². The Hall–Kier alpha value is -0.670. The maximum atomic E-state index is 9.43. The Kier molecular flexibility index (Phi) is 1.55. The number of hydrogen-bond acceptors (Lipinski definition) is 3. The summed E-state index contributed by atoms with van der Waals surface area (Å²) in [7, 11) is 0. The van der Waals surface area contributed by atoms with Gasteiger partial charge in [0.2, 0.25) is 0 Å². The summed E-state index contributed by atoms with van der Waals surface area (Å²) < 4.78 is 1.77. The molecular weight excluding hydrogens is 176 g/mol. The molecule has 0 fully saturated rings. The van der Waals surface area contributed by atoms with Crippen molar-refractivity contribution in [2.24, 2.45) is 0 Å². The van der Waals surface area contributed by atoms with Gasteiger partial charge in [-0.25, -0.2) is 0 Å². The summed E-state index contributed by atoms with van der Waals surface area (Å²) in [5.41, 5.74) is 0. The van der Waals surface area contributed by atoms with Crippen molar-refractivity contribution in [3.8, 4) is 5.75 Å². The highest BCUT2D eigenvalue weighted by molar-refractivity contribution is 7.83. The maximum Gasteiger partial charge on any atom is 0.147 e. The lowest BCUT2D eigenvalue weighted by molar-refractivity contribution is 0.473. The van der Waals surface area contributed by atoms with E-state index in [1.54, 1.807) is 0 Å². The van der Waals surface area contributed by atoms with Gasteiger partial charge in [0.1, 0.15) is 5.75 Å². The van der Waals surface area contributed by atoms with Crippen molar-refractivity contribution in [3.63, 3.8) is 0 Å². The van der Waals surface area contributed by atoms with Crippen LogP contribution >= 0.6 is 24.0 Å². The maximum absolute atomic E-state index is 9.43. The molecule has 1 aromatic heterocycles. The molecule has 0 unspecified atom stereocenters. The van der Waals surface area contributed by atoms with Gasteiger partial charge in [0.15, 0.2) is 0 Å². The van der Waals surface area contributed by atoms with E-state index in [-0.39, 0.29) is 0 Å². The number of benzene rings is 1. The summed E-state index contributed by atoms with van der Waals surface area (Å²) >= 11 is 5.62. The second-order valence-electron chi connectivity index (χ2n) is 2.25. The van der Waals surface area contributed by atoms with Crippen LogP contribution in [0.25, 0.3) is 10.1 Å². The molecule has 0 atom stereocenters. The zero-order valence-electron chi connectivity index (χ0n) is 5.61. The summed E-state index contributed by atoms with van der Waals surface area (Å²) in [6, 6.07) is 7.72. The van der Waals surface area contributed by atoms with Crippen LogP contribution in [-0.2, 0) is 0 Å². The quantitative estimate of drug-likeness (QED) is 0.600. The second kappa shape index (κ2) is 2.43. The topological polar surface area (TPSA) is 20.2 Å². The van der Waals surface area contributed by atoms with Gasteiger partial charge in [-0.05, 0) is 12.1 Å². The highest BCUT2D eigenvalue weighted by Crippen LogP contribution is 2.38. The average Bonchev–Trinajstić information content (AvgIpc) is 2.30. The Labute approximate surface area is 73.7 Å². The van der Waals surface area contributed by atoms with Gasteiger partial charge in [-0.2, -0.15) is 0 Å². The van der Waals surface area contributed by atoms with Crippen molar-refractivity contribution in [2.75, 3.05) is 0 Å². The lowest BCUT2D eigenvalue weighted by Gasteiger charge is -1.87. The Bertz CT molecular complexity index is 392. The van der Waals surface area contributed by atoms with Gasteiger partial charge in [-0.15, -0.1) is 24.0 Å². The zero-order chi connectivity index (χ0) is 7.84. The fourth-order valence-corrected chi connectivity index (χ4v) is 2.27. The fraction of sp³-hybridized carbons (Fsp3) is 0. The largest absolute Gasteiger partial charge is 0.505 e. The van der Waals surface area contributed by atoms with Crippen molar-refractivity contribution in [1.29, 1.82) is 0 Å². The van der Waals surface area contributed by atoms with E-state index < -0.39 is 0 Å². The predicted octanol–water partition coefficient (Wildman–Crippen LogP) is 2.90. The molecule has 1 nitrogen and oxygen atoms in total. The first kappa shape index (κ1) is 7.00. The molecule has 0 bridgehead atoms. The Morgan fingerprint density at radius 3 is 2.73 bits per heavy atom. The normalized spacial score (nSPS) is 10.6. The molecule has 0 spiro atoms. The fourth-order valence-electron chi connectivity index (χ4n) is 1.02. The third kappa shape index (κ3) is 1.01. The first-order valence-electron chi connectivity index (χ1n) is 3.18. The van der Waals surface area contributed by atoms with Crippen molar-refractivity contribution in [2.45, 2.75) is 4.21 Å². The molecular formula is C8H6OS2. The standard InChI is InChI=1S/C8H6OS2/c9-7-5-3-1-2-4-6(5)11-8(7)10/h1-4,9-10H. The molecule has 0 saturated heterocycles. The monoisotopic (exact) mass is 182 g/mol. The van der Waals surface area contributed by atoms with Gasteiger partial charge >= 0.3 is 0 Å². The van der Waals surface area contributed by atoms with E-state index in [4.69, 9.17) is 0 Å². The first-order chi connectivity index (χ1) is 5.29. The number of thiophene rings is 1. The second-order valence-corrected chi connectivity index (χ2v) is 4.05. The molecule has 0 aliphatic heterocycles. The van der Waals surface area contributed by atoms with E-state index in [0.29, 0.717) is 9.96 Å². The Balaban J connectivity index is 2.92. The molecule has 2 rings (SSSR count). The summed E-state index contributed by atoms with van der Waals surface area (Å²) in [5, 5.41) is 10.3. The van der Waals surface area contributed by atoms with E-state index in [0.717, 1.165) is 10.1 Å². The van der Waals surface area contributed by atoms with Crippen LogP contribution in [0, 0.1) is 0 Å². The number of fused-ring (bicyclic) bond motifs is 1. The molecule has 11 heavy (non-hydrogen) atoms. The predicted molar refractivity (Wildman–Crippen MR) is 50.7 cm³/mol.